The fourth-order valence-corrected chi connectivity index (χ4v) is 8.26. The van der Waals surface area contributed by atoms with Crippen LogP contribution in [-0.4, -0.2) is 55.0 Å². The van der Waals surface area contributed by atoms with Crippen LogP contribution in [0.2, 0.25) is 0 Å². The van der Waals surface area contributed by atoms with Gasteiger partial charge < -0.3 is 19.3 Å². The number of methoxy groups -OCH3 is 2. The second-order valence-electron chi connectivity index (χ2n) is 10.8. The second kappa shape index (κ2) is 6.63. The first kappa shape index (κ1) is 22.0. The molecule has 4 saturated carbocycles. The van der Waals surface area contributed by atoms with Crippen molar-refractivity contribution in [3.63, 3.8) is 0 Å². The maximum absolute atomic E-state index is 13.8. The Morgan fingerprint density at radius 3 is 2.33 bits per heavy atom. The summed E-state index contributed by atoms with van der Waals surface area (Å²) in [5.74, 6) is -0.440. The predicted octanol–water partition coefficient (Wildman–Crippen LogP) is 3.06. The topological polar surface area (TPSA) is 82.1 Å². The molecule has 0 radical (unpaired) electrons. The third kappa shape index (κ3) is 2.25. The molecular weight excluding hydrogens is 384 g/mol. The molecule has 4 aliphatic carbocycles. The first-order chi connectivity index (χ1) is 13.9. The minimum atomic E-state index is -1.28. The van der Waals surface area contributed by atoms with Gasteiger partial charge in [-0.05, 0) is 43.6 Å². The van der Waals surface area contributed by atoms with Gasteiger partial charge in [0, 0.05) is 37.9 Å². The van der Waals surface area contributed by atoms with Crippen molar-refractivity contribution in [1.82, 2.24) is 0 Å². The normalized spacial score (nSPS) is 49.4. The number of fused-ring (bicyclic) bond motifs is 3. The third-order valence-electron chi connectivity index (χ3n) is 9.60. The van der Waals surface area contributed by atoms with Gasteiger partial charge in [-0.3, -0.25) is 9.59 Å². The lowest BCUT2D eigenvalue weighted by Crippen LogP contribution is -2.78. The Kier molecular flexibility index (Phi) is 4.86. The van der Waals surface area contributed by atoms with Crippen molar-refractivity contribution >= 4 is 11.8 Å². The average Bonchev–Trinajstić information content (AvgIpc) is 2.84. The van der Waals surface area contributed by atoms with Gasteiger partial charge in [0.15, 0.2) is 5.78 Å². The fraction of sp³-hybridized carbons (Fsp3) is 0.833. The number of ether oxygens (including phenoxy) is 3. The number of carbonyl (C=O) groups excluding carboxylic acids is 2. The van der Waals surface area contributed by atoms with Gasteiger partial charge in [0.2, 0.25) is 0 Å². The molecule has 0 amide bonds. The summed E-state index contributed by atoms with van der Waals surface area (Å²) in [7, 11) is 3.24. The highest BCUT2D eigenvalue weighted by Crippen LogP contribution is 2.73. The van der Waals surface area contributed by atoms with Gasteiger partial charge in [-0.2, -0.15) is 0 Å². The number of hydrogen-bond donors (Lipinski definition) is 1. The van der Waals surface area contributed by atoms with Crippen molar-refractivity contribution in [3.05, 3.63) is 12.2 Å². The maximum Gasteiger partial charge on any atom is 0.302 e. The lowest BCUT2D eigenvalue weighted by molar-refractivity contribution is -0.318. The van der Waals surface area contributed by atoms with Crippen LogP contribution < -0.4 is 0 Å². The second-order valence-corrected chi connectivity index (χ2v) is 10.8. The summed E-state index contributed by atoms with van der Waals surface area (Å²) in [4.78, 5) is 25.5. The Bertz CT molecular complexity index is 789. The molecule has 4 fully saturated rings. The summed E-state index contributed by atoms with van der Waals surface area (Å²) < 4.78 is 17.6. The van der Waals surface area contributed by atoms with E-state index in [0.29, 0.717) is 37.7 Å². The minimum absolute atomic E-state index is 0.0133. The van der Waals surface area contributed by atoms with E-state index in [9.17, 15) is 14.7 Å². The molecule has 0 aromatic heterocycles. The van der Waals surface area contributed by atoms with Gasteiger partial charge >= 0.3 is 5.97 Å². The molecule has 2 bridgehead atoms. The van der Waals surface area contributed by atoms with E-state index in [1.54, 1.807) is 14.2 Å². The summed E-state index contributed by atoms with van der Waals surface area (Å²) in [6.07, 6.45) is 1.97. The van der Waals surface area contributed by atoms with Crippen molar-refractivity contribution in [1.29, 1.82) is 0 Å². The lowest BCUT2D eigenvalue weighted by Gasteiger charge is -2.70. The van der Waals surface area contributed by atoms with Crippen LogP contribution in [0, 0.1) is 28.1 Å². The van der Waals surface area contributed by atoms with Crippen molar-refractivity contribution in [3.8, 4) is 0 Å². The molecule has 6 heteroatoms. The molecule has 0 unspecified atom stereocenters. The molecule has 4 rings (SSSR count). The molecule has 0 heterocycles. The number of hydrogen-bond acceptors (Lipinski definition) is 6. The van der Waals surface area contributed by atoms with E-state index in [-0.39, 0.29) is 35.1 Å². The van der Waals surface area contributed by atoms with Crippen molar-refractivity contribution in [2.75, 3.05) is 14.2 Å². The molecule has 4 aliphatic rings. The standard InChI is InChI=1S/C24H36O6/c1-13-15-8-11-23(27)22(5)10-9-17(30-14(2)25)21(3,4)16(22)12-18(28-6)24(23,19(13)26)20(15)29-7/h15-18,20,27H,1,8-12H2,2-7H3/t15-,16+,17-,18+,20+,22+,23+,24+/m0/s1. The first-order valence-corrected chi connectivity index (χ1v) is 11.1. The van der Waals surface area contributed by atoms with E-state index in [1.807, 2.05) is 0 Å². The molecule has 0 aromatic rings. The van der Waals surface area contributed by atoms with Crippen molar-refractivity contribution in [2.45, 2.75) is 83.7 Å². The average molecular weight is 421 g/mol. The van der Waals surface area contributed by atoms with Crippen LogP contribution in [0.4, 0.5) is 0 Å². The van der Waals surface area contributed by atoms with Crippen LogP contribution in [0.5, 0.6) is 0 Å². The minimum Gasteiger partial charge on any atom is -0.462 e. The van der Waals surface area contributed by atoms with Crippen molar-refractivity contribution in [2.24, 2.45) is 28.1 Å². The molecule has 168 valence electrons. The summed E-state index contributed by atoms with van der Waals surface area (Å²) in [5.41, 5.74) is -2.77. The van der Waals surface area contributed by atoms with Gasteiger partial charge in [0.25, 0.3) is 0 Å². The molecule has 0 aromatic carbocycles. The Hall–Kier alpha value is -1.24. The van der Waals surface area contributed by atoms with Gasteiger partial charge in [0.05, 0.1) is 17.8 Å². The Morgan fingerprint density at radius 1 is 1.10 bits per heavy atom. The Labute approximate surface area is 179 Å². The maximum atomic E-state index is 13.8. The van der Waals surface area contributed by atoms with Gasteiger partial charge in [-0.15, -0.1) is 0 Å². The number of carbonyl (C=O) groups is 2. The van der Waals surface area contributed by atoms with Crippen molar-refractivity contribution < 1.29 is 28.9 Å². The summed E-state index contributed by atoms with van der Waals surface area (Å²) in [6, 6.07) is 0. The SMILES string of the molecule is C=C1C(=O)[C@]23[C@H](OC)[C@H]1CC[C@@]2(O)[C@]1(C)CC[C@H](OC(C)=O)C(C)(C)[C@H]1C[C@H]3OC. The molecule has 30 heavy (non-hydrogen) atoms. The van der Waals surface area contributed by atoms with E-state index in [0.717, 1.165) is 0 Å². The molecular formula is C24H36O6. The number of esters is 1. The Balaban J connectivity index is 1.89. The number of ketones is 1. The first-order valence-electron chi connectivity index (χ1n) is 11.1. The number of Topliss-reactive ketones (excluding diaryl/α,β-unsaturated/α-hetero) is 1. The van der Waals surface area contributed by atoms with Crippen LogP contribution >= 0.6 is 0 Å². The highest BCUT2D eigenvalue weighted by molar-refractivity contribution is 6.05. The molecule has 8 atom stereocenters. The molecule has 0 saturated heterocycles. The predicted molar refractivity (Wildman–Crippen MR) is 111 cm³/mol. The zero-order valence-electron chi connectivity index (χ0n) is 19.1. The third-order valence-corrected chi connectivity index (χ3v) is 9.60. The molecule has 6 nitrogen and oxygen atoms in total. The number of rotatable bonds is 3. The van der Waals surface area contributed by atoms with Crippen LogP contribution in [-0.2, 0) is 23.8 Å². The summed E-state index contributed by atoms with van der Waals surface area (Å²) in [6.45, 7) is 11.9. The summed E-state index contributed by atoms with van der Waals surface area (Å²) in [5, 5.41) is 12.6. The van der Waals surface area contributed by atoms with E-state index >= 15 is 0 Å². The number of aliphatic hydroxyl groups is 1. The zero-order valence-corrected chi connectivity index (χ0v) is 19.1. The van der Waals surface area contributed by atoms with E-state index < -0.39 is 28.6 Å². The highest BCUT2D eigenvalue weighted by atomic mass is 16.5. The summed E-state index contributed by atoms with van der Waals surface area (Å²) >= 11 is 0. The van der Waals surface area contributed by atoms with Crippen LogP contribution in [0.15, 0.2) is 12.2 Å². The molecule has 1 N–H and O–H groups in total. The van der Waals surface area contributed by atoms with E-state index in [2.05, 4.69) is 27.4 Å². The van der Waals surface area contributed by atoms with E-state index in [4.69, 9.17) is 14.2 Å². The van der Waals surface area contributed by atoms with E-state index in [1.165, 1.54) is 6.92 Å². The largest absolute Gasteiger partial charge is 0.462 e. The monoisotopic (exact) mass is 420 g/mol. The highest BCUT2D eigenvalue weighted by Gasteiger charge is 2.81. The smallest absolute Gasteiger partial charge is 0.302 e. The van der Waals surface area contributed by atoms with Crippen LogP contribution in [0.25, 0.3) is 0 Å². The Morgan fingerprint density at radius 2 is 1.77 bits per heavy atom. The van der Waals surface area contributed by atoms with Gasteiger partial charge in [-0.1, -0.05) is 27.4 Å². The molecule has 1 spiro atoms. The fourth-order valence-electron chi connectivity index (χ4n) is 8.26. The van der Waals surface area contributed by atoms with Crippen LogP contribution in [0.3, 0.4) is 0 Å². The van der Waals surface area contributed by atoms with Gasteiger partial charge in [0.1, 0.15) is 11.5 Å². The molecule has 0 aliphatic heterocycles. The lowest BCUT2D eigenvalue weighted by atomic mass is 9.37. The quantitative estimate of drug-likeness (QED) is 0.558. The van der Waals surface area contributed by atoms with Gasteiger partial charge in [-0.25, -0.2) is 0 Å². The van der Waals surface area contributed by atoms with Crippen LogP contribution in [0.1, 0.15) is 59.8 Å². The zero-order chi connectivity index (χ0) is 22.3.